The number of likely N-dealkylation sites (tertiary alicyclic amines) is 1. The van der Waals surface area contributed by atoms with Gasteiger partial charge in [-0.1, -0.05) is 6.92 Å². The first-order valence-electron chi connectivity index (χ1n) is 10.4. The molecule has 1 fully saturated rings. The minimum atomic E-state index is -0.797. The molecule has 2 aliphatic rings. The fourth-order valence-electron chi connectivity index (χ4n) is 4.21. The minimum absolute atomic E-state index is 0.0548. The highest BCUT2D eigenvalue weighted by Crippen LogP contribution is 2.41. The van der Waals surface area contributed by atoms with Crippen molar-refractivity contribution >= 4 is 29.5 Å². The van der Waals surface area contributed by atoms with Gasteiger partial charge in [-0.05, 0) is 18.4 Å². The fourth-order valence-corrected chi connectivity index (χ4v) is 4.21. The molecule has 2 aliphatic heterocycles. The van der Waals surface area contributed by atoms with Gasteiger partial charge < -0.3 is 31.2 Å². The van der Waals surface area contributed by atoms with Gasteiger partial charge in [0.25, 0.3) is 0 Å². The van der Waals surface area contributed by atoms with Crippen LogP contribution in [0.15, 0.2) is 12.3 Å². The monoisotopic (exact) mass is 439 g/mol. The zero-order valence-corrected chi connectivity index (χ0v) is 17.9. The lowest BCUT2D eigenvalue weighted by molar-refractivity contribution is -0.135. The number of nitriles is 1. The van der Waals surface area contributed by atoms with Crippen molar-refractivity contribution in [3.05, 3.63) is 17.8 Å². The zero-order valence-electron chi connectivity index (χ0n) is 17.9. The van der Waals surface area contributed by atoms with Gasteiger partial charge in [-0.15, -0.1) is 0 Å². The maximum atomic E-state index is 12.5. The molecule has 168 valence electrons. The second-order valence-electron chi connectivity index (χ2n) is 7.87. The molecule has 2 aromatic heterocycles. The van der Waals surface area contributed by atoms with Crippen LogP contribution in [-0.4, -0.2) is 64.2 Å². The Kier molecular flexibility index (Phi) is 5.72. The van der Waals surface area contributed by atoms with Gasteiger partial charge in [0.1, 0.15) is 12.4 Å². The number of rotatable bonds is 3. The Balaban J connectivity index is 1.72. The molecule has 5 N–H and O–H groups in total. The van der Waals surface area contributed by atoms with Crippen molar-refractivity contribution in [2.75, 3.05) is 37.3 Å². The second-order valence-corrected chi connectivity index (χ2v) is 7.87. The van der Waals surface area contributed by atoms with Crippen LogP contribution in [-0.2, 0) is 16.1 Å². The van der Waals surface area contributed by atoms with Crippen LogP contribution < -0.4 is 21.3 Å². The van der Waals surface area contributed by atoms with Gasteiger partial charge in [-0.2, -0.15) is 10.4 Å². The number of hydrogen-bond acceptors (Lipinski definition) is 6. The van der Waals surface area contributed by atoms with Crippen LogP contribution in [0.1, 0.15) is 24.9 Å². The first-order valence-corrected chi connectivity index (χ1v) is 10.4. The van der Waals surface area contributed by atoms with Crippen LogP contribution in [0.3, 0.4) is 0 Å². The number of nitrogens with zero attached hydrogens (tertiary/aromatic N) is 4. The molecular weight excluding hydrogens is 414 g/mol. The molecule has 4 heterocycles. The molecule has 0 saturated carbocycles. The summed E-state index contributed by atoms with van der Waals surface area (Å²) in [5, 5.41) is 24.2. The van der Waals surface area contributed by atoms with E-state index in [-0.39, 0.29) is 24.5 Å². The number of carbonyl (C=O) groups excluding carboxylic acids is 3. The highest BCUT2D eigenvalue weighted by molar-refractivity contribution is 6.39. The van der Waals surface area contributed by atoms with Gasteiger partial charge in [0.15, 0.2) is 5.82 Å². The SMILES string of the molecule is CNC(=O)C(=O)Nc1nn([C@H]2CN(C(=O)NCC#N)CC[C@H]2C)c2c1CNc1[nH]ccc1-2. The summed E-state index contributed by atoms with van der Waals surface area (Å²) in [6.45, 7) is 3.45. The maximum Gasteiger partial charge on any atom is 0.318 e. The van der Waals surface area contributed by atoms with Crippen LogP contribution >= 0.6 is 0 Å². The van der Waals surface area contributed by atoms with E-state index in [1.807, 2.05) is 23.0 Å². The fraction of sp³-hybridized carbons (Fsp3) is 0.450. The number of urea groups is 1. The second kappa shape index (κ2) is 8.62. The van der Waals surface area contributed by atoms with Crippen molar-refractivity contribution in [1.82, 2.24) is 30.3 Å². The van der Waals surface area contributed by atoms with E-state index < -0.39 is 11.8 Å². The quantitative estimate of drug-likeness (QED) is 0.348. The van der Waals surface area contributed by atoms with Crippen LogP contribution in [0.25, 0.3) is 11.3 Å². The molecule has 0 unspecified atom stereocenters. The summed E-state index contributed by atoms with van der Waals surface area (Å²) in [6, 6.07) is 3.39. The molecule has 0 aliphatic carbocycles. The lowest BCUT2D eigenvalue weighted by Crippen LogP contribution is -2.48. The van der Waals surface area contributed by atoms with E-state index in [4.69, 9.17) is 10.4 Å². The number of hydrogen-bond donors (Lipinski definition) is 5. The molecule has 4 amide bonds. The number of H-pyrrole nitrogens is 1. The Morgan fingerprint density at radius 1 is 1.34 bits per heavy atom. The maximum absolute atomic E-state index is 12.5. The summed E-state index contributed by atoms with van der Waals surface area (Å²) in [5.41, 5.74) is 2.51. The average Bonchev–Trinajstić information content (AvgIpc) is 3.41. The van der Waals surface area contributed by atoms with Crippen LogP contribution in [0, 0.1) is 17.2 Å². The van der Waals surface area contributed by atoms with Gasteiger partial charge in [0.2, 0.25) is 0 Å². The number of anilines is 2. The normalized spacial score (nSPS) is 19.1. The summed E-state index contributed by atoms with van der Waals surface area (Å²) < 4.78 is 1.86. The minimum Gasteiger partial charge on any atom is -0.367 e. The van der Waals surface area contributed by atoms with E-state index in [0.29, 0.717) is 25.5 Å². The highest BCUT2D eigenvalue weighted by atomic mass is 16.2. The first kappa shape index (κ1) is 21.2. The molecule has 12 nitrogen and oxygen atoms in total. The van der Waals surface area contributed by atoms with Crippen LogP contribution in [0.4, 0.5) is 16.4 Å². The average molecular weight is 439 g/mol. The van der Waals surface area contributed by atoms with Crippen molar-refractivity contribution in [1.29, 1.82) is 5.26 Å². The van der Waals surface area contributed by atoms with Crippen molar-refractivity contribution in [3.8, 4) is 17.3 Å². The Morgan fingerprint density at radius 2 is 2.16 bits per heavy atom. The molecule has 0 radical (unpaired) electrons. The molecule has 2 aromatic rings. The summed E-state index contributed by atoms with van der Waals surface area (Å²) >= 11 is 0. The highest BCUT2D eigenvalue weighted by Gasteiger charge is 2.36. The van der Waals surface area contributed by atoms with Crippen molar-refractivity contribution in [3.63, 3.8) is 0 Å². The molecule has 0 bridgehead atoms. The molecule has 0 aromatic carbocycles. The Hall–Kier alpha value is -4.01. The molecule has 2 atom stereocenters. The van der Waals surface area contributed by atoms with Crippen LogP contribution in [0.2, 0.25) is 0 Å². The third-order valence-electron chi connectivity index (χ3n) is 5.96. The number of aromatic amines is 1. The number of piperidine rings is 1. The molecule has 1 saturated heterocycles. The first-order chi connectivity index (χ1) is 15.4. The lowest BCUT2D eigenvalue weighted by Gasteiger charge is -2.37. The zero-order chi connectivity index (χ0) is 22.8. The lowest BCUT2D eigenvalue weighted by atomic mass is 9.93. The number of carbonyl (C=O) groups is 3. The van der Waals surface area contributed by atoms with Gasteiger partial charge in [-0.3, -0.25) is 14.3 Å². The summed E-state index contributed by atoms with van der Waals surface area (Å²) in [7, 11) is 1.39. The molecule has 12 heteroatoms. The van der Waals surface area contributed by atoms with Crippen molar-refractivity contribution in [2.24, 2.45) is 5.92 Å². The Labute approximate surface area is 184 Å². The standard InChI is InChI=1S/C20H25N9O3/c1-11-4-8-28(20(32)24-7-5-21)10-14(11)29-15-12-3-6-23-16(12)25-9-13(15)17(27-29)26-19(31)18(30)22-2/h3,6,11,14,23,25H,4,7-10H2,1-2H3,(H,22,30)(H,24,32)(H,26,27,31)/t11-,14+/m1/s1. The van der Waals surface area contributed by atoms with E-state index in [2.05, 4.69) is 33.2 Å². The number of nitrogens with one attached hydrogen (secondary N) is 5. The van der Waals surface area contributed by atoms with E-state index >= 15 is 0 Å². The molecule has 0 spiro atoms. The topological polar surface area (TPSA) is 160 Å². The number of amides is 4. The molecule has 4 rings (SSSR count). The Bertz CT molecular complexity index is 1100. The van der Waals surface area contributed by atoms with Crippen LogP contribution in [0.5, 0.6) is 0 Å². The van der Waals surface area contributed by atoms with Crippen molar-refractivity contribution < 1.29 is 14.4 Å². The summed E-state index contributed by atoms with van der Waals surface area (Å²) in [5.74, 6) is -0.195. The molecule has 32 heavy (non-hydrogen) atoms. The summed E-state index contributed by atoms with van der Waals surface area (Å²) in [4.78, 5) is 41.3. The predicted molar refractivity (Wildman–Crippen MR) is 115 cm³/mol. The largest absolute Gasteiger partial charge is 0.367 e. The summed E-state index contributed by atoms with van der Waals surface area (Å²) in [6.07, 6.45) is 2.58. The smallest absolute Gasteiger partial charge is 0.318 e. The van der Waals surface area contributed by atoms with Gasteiger partial charge in [0.05, 0.1) is 17.8 Å². The predicted octanol–water partition coefficient (Wildman–Crippen LogP) is 0.604. The van der Waals surface area contributed by atoms with E-state index in [1.54, 1.807) is 4.90 Å². The van der Waals surface area contributed by atoms with E-state index in [9.17, 15) is 14.4 Å². The number of fused-ring (bicyclic) bond motifs is 3. The Morgan fingerprint density at radius 3 is 2.91 bits per heavy atom. The van der Waals surface area contributed by atoms with Gasteiger partial charge >= 0.3 is 17.8 Å². The molecular formula is C20H25N9O3. The van der Waals surface area contributed by atoms with Gasteiger partial charge in [-0.25, -0.2) is 4.79 Å². The third kappa shape index (κ3) is 3.73. The van der Waals surface area contributed by atoms with Gasteiger partial charge in [0, 0.05) is 44.0 Å². The third-order valence-corrected chi connectivity index (χ3v) is 5.96. The van der Waals surface area contributed by atoms with E-state index in [1.165, 1.54) is 7.05 Å². The number of aromatic nitrogens is 3. The van der Waals surface area contributed by atoms with E-state index in [0.717, 1.165) is 29.1 Å². The number of likely N-dealkylation sites (N-methyl/N-ethyl adjacent to an activating group) is 1. The van der Waals surface area contributed by atoms with Crippen molar-refractivity contribution in [2.45, 2.75) is 25.9 Å².